The highest BCUT2D eigenvalue weighted by atomic mass is 32.2. The third-order valence-electron chi connectivity index (χ3n) is 3.68. The minimum Gasteiger partial charge on any atom is -0.453 e. The molecule has 6 nitrogen and oxygen atoms in total. The Morgan fingerprint density at radius 2 is 2.00 bits per heavy atom. The van der Waals surface area contributed by atoms with Crippen LogP contribution in [0.2, 0.25) is 0 Å². The van der Waals surface area contributed by atoms with Crippen molar-refractivity contribution < 1.29 is 22.3 Å². The van der Waals surface area contributed by atoms with Crippen molar-refractivity contribution in [1.29, 1.82) is 0 Å². The van der Waals surface area contributed by atoms with Crippen LogP contribution in [-0.2, 0) is 14.8 Å². The number of hydrogen-bond donors (Lipinski definition) is 1. The SMILES string of the molecule is COC(=O)N1CCC(NS(=O)(=O)c2ccc(F)cc2C)CC1. The summed E-state index contributed by atoms with van der Waals surface area (Å²) in [6.07, 6.45) is 0.610. The number of nitrogens with one attached hydrogen (secondary N) is 1. The van der Waals surface area contributed by atoms with Crippen LogP contribution >= 0.6 is 0 Å². The predicted octanol–water partition coefficient (Wildman–Crippen LogP) is 1.64. The van der Waals surface area contributed by atoms with Crippen molar-refractivity contribution in [2.75, 3.05) is 20.2 Å². The average molecular weight is 330 g/mol. The molecule has 0 bridgehead atoms. The van der Waals surface area contributed by atoms with Crippen molar-refractivity contribution in [2.45, 2.75) is 30.7 Å². The summed E-state index contributed by atoms with van der Waals surface area (Å²) in [6.45, 7) is 2.42. The standard InChI is InChI=1S/C14H19FN2O4S/c1-10-9-11(15)3-4-13(10)22(19,20)16-12-5-7-17(8-6-12)14(18)21-2/h3-4,9,12,16H,5-8H2,1-2H3. The lowest BCUT2D eigenvalue weighted by Gasteiger charge is -2.31. The number of benzene rings is 1. The highest BCUT2D eigenvalue weighted by Crippen LogP contribution is 2.19. The van der Waals surface area contributed by atoms with Gasteiger partial charge < -0.3 is 9.64 Å². The van der Waals surface area contributed by atoms with E-state index >= 15 is 0 Å². The topological polar surface area (TPSA) is 75.7 Å². The molecule has 1 N–H and O–H groups in total. The van der Waals surface area contributed by atoms with Crippen molar-refractivity contribution in [1.82, 2.24) is 9.62 Å². The molecule has 0 aromatic heterocycles. The summed E-state index contributed by atoms with van der Waals surface area (Å²) in [5.74, 6) is -0.470. The van der Waals surface area contributed by atoms with Crippen LogP contribution in [0.15, 0.2) is 23.1 Å². The fourth-order valence-electron chi connectivity index (χ4n) is 2.51. The third kappa shape index (κ3) is 3.75. The van der Waals surface area contributed by atoms with Crippen LogP contribution in [-0.4, -0.2) is 45.7 Å². The number of carbonyl (C=O) groups is 1. The summed E-state index contributed by atoms with van der Waals surface area (Å²) in [5.41, 5.74) is 0.361. The smallest absolute Gasteiger partial charge is 0.409 e. The molecule has 122 valence electrons. The highest BCUT2D eigenvalue weighted by molar-refractivity contribution is 7.89. The van der Waals surface area contributed by atoms with Gasteiger partial charge in [0.1, 0.15) is 5.82 Å². The third-order valence-corrected chi connectivity index (χ3v) is 5.36. The maximum absolute atomic E-state index is 13.1. The first kappa shape index (κ1) is 16.7. The number of methoxy groups -OCH3 is 1. The fourth-order valence-corrected chi connectivity index (χ4v) is 4.04. The molecule has 0 saturated carbocycles. The first-order valence-corrected chi connectivity index (χ1v) is 8.43. The Bertz CT molecular complexity index is 655. The van der Waals surface area contributed by atoms with Gasteiger partial charge in [-0.25, -0.2) is 22.3 Å². The number of carbonyl (C=O) groups excluding carboxylic acids is 1. The van der Waals surface area contributed by atoms with Gasteiger partial charge in [0.2, 0.25) is 10.0 Å². The minimum absolute atomic E-state index is 0.0734. The molecule has 1 aromatic carbocycles. The van der Waals surface area contributed by atoms with Gasteiger partial charge in [0.15, 0.2) is 0 Å². The first-order valence-electron chi connectivity index (χ1n) is 6.95. The van der Waals surface area contributed by atoms with Crippen LogP contribution in [0.3, 0.4) is 0 Å². The molecule has 1 aliphatic heterocycles. The Labute approximate surface area is 129 Å². The normalized spacial score (nSPS) is 16.6. The zero-order valence-electron chi connectivity index (χ0n) is 12.5. The molecule has 1 fully saturated rings. The zero-order valence-corrected chi connectivity index (χ0v) is 13.3. The van der Waals surface area contributed by atoms with Gasteiger partial charge in [-0.15, -0.1) is 0 Å². The fraction of sp³-hybridized carbons (Fsp3) is 0.500. The number of piperidine rings is 1. The van der Waals surface area contributed by atoms with Crippen LogP contribution in [0.25, 0.3) is 0 Å². The number of halogens is 1. The van der Waals surface area contributed by atoms with Crippen molar-refractivity contribution in [3.8, 4) is 0 Å². The zero-order chi connectivity index (χ0) is 16.3. The Hall–Kier alpha value is -1.67. The molecule has 0 unspecified atom stereocenters. The number of rotatable bonds is 3. The maximum Gasteiger partial charge on any atom is 0.409 e. The minimum atomic E-state index is -3.70. The number of hydrogen-bond acceptors (Lipinski definition) is 4. The van der Waals surface area contributed by atoms with Crippen LogP contribution in [0.4, 0.5) is 9.18 Å². The molecule has 0 aliphatic carbocycles. The molecule has 1 saturated heterocycles. The van der Waals surface area contributed by atoms with E-state index in [1.807, 2.05) is 0 Å². The number of amides is 1. The lowest BCUT2D eigenvalue weighted by molar-refractivity contribution is 0.111. The van der Waals surface area contributed by atoms with Gasteiger partial charge in [0.25, 0.3) is 0 Å². The number of nitrogens with zero attached hydrogens (tertiary/aromatic N) is 1. The summed E-state index contributed by atoms with van der Waals surface area (Å²) < 4.78 is 45.1. The maximum atomic E-state index is 13.1. The van der Waals surface area contributed by atoms with Gasteiger partial charge in [0.05, 0.1) is 12.0 Å². The summed E-state index contributed by atoms with van der Waals surface area (Å²) in [7, 11) is -2.39. The summed E-state index contributed by atoms with van der Waals surface area (Å²) >= 11 is 0. The van der Waals surface area contributed by atoms with E-state index in [-0.39, 0.29) is 10.9 Å². The second-order valence-electron chi connectivity index (χ2n) is 5.26. The molecule has 0 radical (unpaired) electrons. The molecule has 22 heavy (non-hydrogen) atoms. The molecule has 2 rings (SSSR count). The summed E-state index contributed by atoms with van der Waals surface area (Å²) in [5, 5.41) is 0. The van der Waals surface area contributed by atoms with E-state index in [1.165, 1.54) is 24.1 Å². The van der Waals surface area contributed by atoms with Crippen LogP contribution in [0.5, 0.6) is 0 Å². The van der Waals surface area contributed by atoms with Gasteiger partial charge in [-0.3, -0.25) is 0 Å². The van der Waals surface area contributed by atoms with E-state index in [4.69, 9.17) is 0 Å². The number of sulfonamides is 1. The Balaban J connectivity index is 2.03. The monoisotopic (exact) mass is 330 g/mol. The molecule has 1 heterocycles. The van der Waals surface area contributed by atoms with Gasteiger partial charge in [-0.2, -0.15) is 0 Å². The number of likely N-dealkylation sites (tertiary alicyclic amines) is 1. The lowest BCUT2D eigenvalue weighted by Crippen LogP contribution is -2.46. The van der Waals surface area contributed by atoms with Crippen LogP contribution in [0.1, 0.15) is 18.4 Å². The molecule has 1 amide bonds. The second-order valence-corrected chi connectivity index (χ2v) is 6.94. The van der Waals surface area contributed by atoms with Gasteiger partial charge in [-0.1, -0.05) is 0 Å². The van der Waals surface area contributed by atoms with E-state index in [0.717, 1.165) is 6.07 Å². The Morgan fingerprint density at radius 3 is 2.55 bits per heavy atom. The Morgan fingerprint density at radius 1 is 1.36 bits per heavy atom. The van der Waals surface area contributed by atoms with E-state index in [9.17, 15) is 17.6 Å². The average Bonchev–Trinajstić information content (AvgIpc) is 2.46. The first-order chi connectivity index (χ1) is 10.3. The van der Waals surface area contributed by atoms with Crippen LogP contribution in [0, 0.1) is 12.7 Å². The second kappa shape index (κ2) is 6.62. The van der Waals surface area contributed by atoms with Gasteiger partial charge >= 0.3 is 6.09 Å². The van der Waals surface area contributed by atoms with E-state index in [1.54, 1.807) is 6.92 Å². The molecular formula is C14H19FN2O4S. The molecule has 1 aromatic rings. The largest absolute Gasteiger partial charge is 0.453 e. The molecule has 0 spiro atoms. The predicted molar refractivity (Wildman–Crippen MR) is 78.5 cm³/mol. The van der Waals surface area contributed by atoms with E-state index in [2.05, 4.69) is 9.46 Å². The van der Waals surface area contributed by atoms with Crippen LogP contribution < -0.4 is 4.72 Å². The van der Waals surface area contributed by atoms with E-state index < -0.39 is 21.9 Å². The summed E-state index contributed by atoms with van der Waals surface area (Å²) in [6, 6.07) is 3.32. The van der Waals surface area contributed by atoms with Crippen molar-refractivity contribution in [3.63, 3.8) is 0 Å². The lowest BCUT2D eigenvalue weighted by atomic mass is 10.1. The van der Waals surface area contributed by atoms with E-state index in [0.29, 0.717) is 31.5 Å². The van der Waals surface area contributed by atoms with Gasteiger partial charge in [-0.05, 0) is 43.5 Å². The Kier molecular flexibility index (Phi) is 5.02. The van der Waals surface area contributed by atoms with Crippen molar-refractivity contribution in [3.05, 3.63) is 29.6 Å². The van der Waals surface area contributed by atoms with Crippen molar-refractivity contribution >= 4 is 16.1 Å². The quantitative estimate of drug-likeness (QED) is 0.914. The summed E-state index contributed by atoms with van der Waals surface area (Å²) in [4.78, 5) is 13.0. The molecular weight excluding hydrogens is 311 g/mol. The molecule has 1 aliphatic rings. The molecule has 0 atom stereocenters. The number of aryl methyl sites for hydroxylation is 1. The van der Waals surface area contributed by atoms with Gasteiger partial charge in [0, 0.05) is 19.1 Å². The number of ether oxygens (including phenoxy) is 1. The highest BCUT2D eigenvalue weighted by Gasteiger charge is 2.27. The van der Waals surface area contributed by atoms with Crippen molar-refractivity contribution in [2.24, 2.45) is 0 Å². The molecule has 8 heteroatoms.